The highest BCUT2D eigenvalue weighted by Gasteiger charge is 2.44. The van der Waals surface area contributed by atoms with E-state index in [1.54, 1.807) is 45.0 Å². The molecule has 0 saturated carbocycles. The van der Waals surface area contributed by atoms with E-state index in [9.17, 15) is 14.4 Å². The van der Waals surface area contributed by atoms with Crippen LogP contribution >= 0.6 is 11.6 Å². The van der Waals surface area contributed by atoms with Crippen LogP contribution in [0.5, 0.6) is 0 Å². The highest BCUT2D eigenvalue weighted by molar-refractivity contribution is 6.31. The van der Waals surface area contributed by atoms with Crippen LogP contribution < -0.4 is 0 Å². The maximum atomic E-state index is 12.5. The summed E-state index contributed by atoms with van der Waals surface area (Å²) in [5, 5.41) is 0.245. The van der Waals surface area contributed by atoms with Crippen LogP contribution in [0.3, 0.4) is 0 Å². The molecule has 6 nitrogen and oxygen atoms in total. The summed E-state index contributed by atoms with van der Waals surface area (Å²) in [6.45, 7) is 5.06. The summed E-state index contributed by atoms with van der Waals surface area (Å²) in [5.41, 5.74) is 0.309. The van der Waals surface area contributed by atoms with Crippen LogP contribution in [0.2, 0.25) is 5.02 Å². The molecule has 0 aromatic heterocycles. The average molecular weight is 357 g/mol. The van der Waals surface area contributed by atoms with Gasteiger partial charge in [-0.05, 0) is 32.4 Å². The van der Waals surface area contributed by atoms with Crippen molar-refractivity contribution in [3.63, 3.8) is 0 Å². The Labute approximate surface area is 146 Å². The number of benzene rings is 1. The van der Waals surface area contributed by atoms with Gasteiger partial charge < -0.3 is 14.2 Å². The second-order valence-corrected chi connectivity index (χ2v) is 5.14. The minimum Gasteiger partial charge on any atom is -0.465 e. The van der Waals surface area contributed by atoms with Gasteiger partial charge in [0.05, 0.1) is 19.8 Å². The second kappa shape index (κ2) is 9.93. The summed E-state index contributed by atoms with van der Waals surface area (Å²) in [4.78, 5) is 37.1. The Bertz CT molecular complexity index is 568. The van der Waals surface area contributed by atoms with E-state index in [0.717, 1.165) is 0 Å². The highest BCUT2D eigenvalue weighted by Crippen LogP contribution is 2.33. The molecule has 1 aromatic carbocycles. The van der Waals surface area contributed by atoms with Crippen molar-refractivity contribution < 1.29 is 28.6 Å². The molecule has 132 valence electrons. The number of ether oxygens (including phenoxy) is 3. The predicted molar refractivity (Wildman–Crippen MR) is 87.6 cm³/mol. The number of hydrogen-bond acceptors (Lipinski definition) is 6. The minimum absolute atomic E-state index is 0.0623. The molecule has 7 heteroatoms. The highest BCUT2D eigenvalue weighted by atomic mass is 35.5. The summed E-state index contributed by atoms with van der Waals surface area (Å²) in [7, 11) is 0. The van der Waals surface area contributed by atoms with Gasteiger partial charge in [0.15, 0.2) is 5.92 Å². The maximum absolute atomic E-state index is 12.5. The Balaban J connectivity index is 3.39. The molecule has 24 heavy (non-hydrogen) atoms. The third-order valence-corrected chi connectivity index (χ3v) is 3.54. The molecular weight excluding hydrogens is 336 g/mol. The molecule has 1 unspecified atom stereocenters. The van der Waals surface area contributed by atoms with Crippen molar-refractivity contribution in [2.45, 2.75) is 26.7 Å². The first kappa shape index (κ1) is 20.0. The fraction of sp³-hybridized carbons (Fsp3) is 0.471. The van der Waals surface area contributed by atoms with Gasteiger partial charge >= 0.3 is 17.9 Å². The molecular formula is C17H21ClO6. The Hall–Kier alpha value is -2.08. The number of carbonyl (C=O) groups excluding carboxylic acids is 3. The van der Waals surface area contributed by atoms with Gasteiger partial charge in [-0.15, -0.1) is 0 Å². The van der Waals surface area contributed by atoms with Crippen LogP contribution in [0.4, 0.5) is 0 Å². The lowest BCUT2D eigenvalue weighted by atomic mass is 9.85. The first-order chi connectivity index (χ1) is 11.5. The molecule has 0 fully saturated rings. The fourth-order valence-corrected chi connectivity index (χ4v) is 2.49. The molecule has 1 aromatic rings. The molecule has 0 saturated heterocycles. The number of rotatable bonds is 8. The van der Waals surface area contributed by atoms with Crippen molar-refractivity contribution in [3.05, 3.63) is 34.9 Å². The largest absolute Gasteiger partial charge is 0.465 e. The minimum atomic E-state index is -1.48. The quantitative estimate of drug-likeness (QED) is 0.405. The third-order valence-electron chi connectivity index (χ3n) is 3.20. The van der Waals surface area contributed by atoms with Crippen molar-refractivity contribution in [2.75, 3.05) is 19.8 Å². The normalized spacial score (nSPS) is 11.7. The topological polar surface area (TPSA) is 78.9 Å². The van der Waals surface area contributed by atoms with Gasteiger partial charge in [-0.3, -0.25) is 14.4 Å². The van der Waals surface area contributed by atoms with E-state index in [1.807, 2.05) is 0 Å². The smallest absolute Gasteiger partial charge is 0.321 e. The third kappa shape index (κ3) is 4.96. The standard InChI is InChI=1S/C17H21ClO6/c1-4-22-15(19)13(11-9-7-8-10-12(11)18)14(16(20)23-5-2)17(21)24-6-3/h7-10,13-14H,4-6H2,1-3H3. The SMILES string of the molecule is CCOC(=O)C(C(=O)OCC)C(C(=O)OCC)c1ccccc1Cl. The van der Waals surface area contributed by atoms with Crippen LogP contribution in [-0.2, 0) is 28.6 Å². The zero-order valence-corrected chi connectivity index (χ0v) is 14.7. The van der Waals surface area contributed by atoms with Crippen molar-refractivity contribution in [2.24, 2.45) is 5.92 Å². The lowest BCUT2D eigenvalue weighted by Gasteiger charge is -2.23. The van der Waals surface area contributed by atoms with E-state index < -0.39 is 29.7 Å². The summed E-state index contributed by atoms with van der Waals surface area (Å²) in [6.07, 6.45) is 0. The van der Waals surface area contributed by atoms with E-state index in [0.29, 0.717) is 5.56 Å². The first-order valence-corrected chi connectivity index (χ1v) is 8.09. The number of carbonyl (C=O) groups is 3. The van der Waals surface area contributed by atoms with Crippen molar-refractivity contribution in [1.82, 2.24) is 0 Å². The zero-order valence-electron chi connectivity index (χ0n) is 13.9. The predicted octanol–water partition coefficient (Wildman–Crippen LogP) is 2.73. The van der Waals surface area contributed by atoms with Crippen LogP contribution in [0.15, 0.2) is 24.3 Å². The van der Waals surface area contributed by atoms with Crippen LogP contribution in [0.25, 0.3) is 0 Å². The Morgan fingerprint density at radius 2 is 1.33 bits per heavy atom. The number of esters is 3. The Morgan fingerprint density at radius 1 is 0.875 bits per heavy atom. The second-order valence-electron chi connectivity index (χ2n) is 4.73. The molecule has 0 aliphatic carbocycles. The molecule has 0 radical (unpaired) electrons. The van der Waals surface area contributed by atoms with E-state index in [2.05, 4.69) is 0 Å². The van der Waals surface area contributed by atoms with Crippen LogP contribution in [0, 0.1) is 5.92 Å². The van der Waals surface area contributed by atoms with Gasteiger partial charge in [-0.1, -0.05) is 29.8 Å². The monoisotopic (exact) mass is 356 g/mol. The number of halogens is 1. The van der Waals surface area contributed by atoms with Crippen LogP contribution in [0.1, 0.15) is 32.3 Å². The van der Waals surface area contributed by atoms with Gasteiger partial charge in [-0.25, -0.2) is 0 Å². The summed E-state index contributed by atoms with van der Waals surface area (Å²) < 4.78 is 14.9. The van der Waals surface area contributed by atoms with Crippen LogP contribution in [-0.4, -0.2) is 37.7 Å². The van der Waals surface area contributed by atoms with E-state index >= 15 is 0 Å². The fourth-order valence-electron chi connectivity index (χ4n) is 2.23. The van der Waals surface area contributed by atoms with E-state index in [-0.39, 0.29) is 24.8 Å². The molecule has 0 spiro atoms. The Morgan fingerprint density at radius 3 is 1.79 bits per heavy atom. The van der Waals surface area contributed by atoms with Crippen molar-refractivity contribution >= 4 is 29.5 Å². The molecule has 0 bridgehead atoms. The van der Waals surface area contributed by atoms with Gasteiger partial charge in [-0.2, -0.15) is 0 Å². The number of hydrogen-bond donors (Lipinski definition) is 0. The molecule has 0 aliphatic heterocycles. The van der Waals surface area contributed by atoms with Gasteiger partial charge in [0, 0.05) is 5.02 Å². The van der Waals surface area contributed by atoms with Gasteiger partial charge in [0.1, 0.15) is 5.92 Å². The molecule has 0 amide bonds. The molecule has 1 atom stereocenters. The summed E-state index contributed by atoms with van der Waals surface area (Å²) in [6, 6.07) is 6.46. The molecule has 1 rings (SSSR count). The van der Waals surface area contributed by atoms with Gasteiger partial charge in [0.25, 0.3) is 0 Å². The first-order valence-electron chi connectivity index (χ1n) is 7.72. The zero-order chi connectivity index (χ0) is 18.1. The van der Waals surface area contributed by atoms with Crippen molar-refractivity contribution in [3.8, 4) is 0 Å². The average Bonchev–Trinajstić information content (AvgIpc) is 2.53. The van der Waals surface area contributed by atoms with E-state index in [1.165, 1.54) is 0 Å². The van der Waals surface area contributed by atoms with Crippen molar-refractivity contribution in [1.29, 1.82) is 0 Å². The summed E-state index contributed by atoms with van der Waals surface area (Å²) >= 11 is 6.16. The molecule has 0 heterocycles. The maximum Gasteiger partial charge on any atom is 0.321 e. The Kier molecular flexibility index (Phi) is 8.26. The lowest BCUT2D eigenvalue weighted by molar-refractivity contribution is -0.168. The van der Waals surface area contributed by atoms with Gasteiger partial charge in [0.2, 0.25) is 0 Å². The molecule has 0 N–H and O–H groups in total. The summed E-state index contributed by atoms with van der Waals surface area (Å²) in [5.74, 6) is -5.17. The van der Waals surface area contributed by atoms with E-state index in [4.69, 9.17) is 25.8 Å². The lowest BCUT2D eigenvalue weighted by Crippen LogP contribution is -2.38. The molecule has 0 aliphatic rings.